The van der Waals surface area contributed by atoms with Crippen molar-refractivity contribution in [2.24, 2.45) is 0 Å². The molecule has 0 fully saturated rings. The van der Waals surface area contributed by atoms with E-state index in [1.807, 2.05) is 0 Å². The lowest BCUT2D eigenvalue weighted by molar-refractivity contribution is 0.368. The van der Waals surface area contributed by atoms with Crippen LogP contribution in [0.5, 0.6) is 0 Å². The van der Waals surface area contributed by atoms with Crippen LogP contribution < -0.4 is 0 Å². The second kappa shape index (κ2) is 8.61. The van der Waals surface area contributed by atoms with E-state index in [1.165, 1.54) is 42.4 Å². The van der Waals surface area contributed by atoms with Crippen LogP contribution in [-0.2, 0) is 25.5 Å². The van der Waals surface area contributed by atoms with Crippen LogP contribution in [0.15, 0.2) is 42.5 Å². The Bertz CT molecular complexity index is 664. The van der Waals surface area contributed by atoms with Gasteiger partial charge in [0.05, 0.1) is 0 Å². The molecule has 24 heavy (non-hydrogen) atoms. The first-order valence-corrected chi connectivity index (χ1v) is 8.82. The molecule has 0 spiro atoms. The Morgan fingerprint density at radius 1 is 0.833 bits per heavy atom. The van der Waals surface area contributed by atoms with Crippen LogP contribution in [-0.4, -0.2) is 13.0 Å². The first-order chi connectivity index (χ1) is 11.4. The minimum atomic E-state index is -6.00. The third-order valence-corrected chi connectivity index (χ3v) is 4.42. The molecule has 130 valence electrons. The molecule has 2 aromatic rings. The Labute approximate surface area is 145 Å². The van der Waals surface area contributed by atoms with Gasteiger partial charge in [-0.15, -0.1) is 0 Å². The molecule has 0 bridgehead atoms. The van der Waals surface area contributed by atoms with E-state index in [0.717, 1.165) is 12.2 Å². The van der Waals surface area contributed by atoms with Crippen LogP contribution in [0, 0.1) is 0 Å². The maximum atomic E-state index is 9.75. The number of aryl methyl sites for hydroxylation is 1. The Kier molecular flexibility index (Phi) is 6.78. The van der Waals surface area contributed by atoms with Crippen LogP contribution in [0.2, 0.25) is 0 Å². The average Bonchev–Trinajstić information content (AvgIpc) is 2.89. The van der Waals surface area contributed by atoms with Gasteiger partial charge in [0.25, 0.3) is 0 Å². The molecular weight excluding hydrogens is 335 g/mol. The molecule has 0 saturated carbocycles. The van der Waals surface area contributed by atoms with E-state index in [2.05, 4.69) is 55.1 Å². The molecule has 0 nitrogen and oxygen atoms in total. The van der Waals surface area contributed by atoms with E-state index >= 15 is 0 Å². The van der Waals surface area contributed by atoms with E-state index < -0.39 is 7.25 Å². The van der Waals surface area contributed by atoms with E-state index in [4.69, 9.17) is 0 Å². The molecule has 0 N–H and O–H groups in total. The molecule has 3 rings (SSSR count). The molecule has 2 aromatic carbocycles. The molecule has 0 aromatic heterocycles. The molecular formula is C18H21BF4S. The van der Waals surface area contributed by atoms with Crippen molar-refractivity contribution in [2.45, 2.75) is 32.1 Å². The fraction of sp³-hybridized carbons (Fsp3) is 0.333. The van der Waals surface area contributed by atoms with Crippen molar-refractivity contribution in [1.29, 1.82) is 0 Å². The fourth-order valence-corrected chi connectivity index (χ4v) is 3.32. The molecule has 0 saturated heterocycles. The highest BCUT2D eigenvalue weighted by molar-refractivity contribution is 7.58. The van der Waals surface area contributed by atoms with Gasteiger partial charge in [0.2, 0.25) is 0 Å². The molecule has 0 heterocycles. The molecule has 1 aliphatic rings. The highest BCUT2D eigenvalue weighted by Gasteiger charge is 2.21. The number of fused-ring (bicyclic) bond motifs is 3. The third-order valence-electron chi connectivity index (χ3n) is 4.07. The van der Waals surface area contributed by atoms with Gasteiger partial charge in [0, 0.05) is 0 Å². The Morgan fingerprint density at radius 3 is 2.21 bits per heavy atom. The Balaban J connectivity index is 0.000000368. The fourth-order valence-electron chi connectivity index (χ4n) is 3.07. The standard InChI is InChI=1S/C18H20S.BF4/c19-12-5-1-2-7-14-9-6-11-17-16-10-4-3-8-15(16)13-18(14)17;2-1(3,4)5/h3-4,6,8-11,19H,1-2,5,7,12-13H2;/q;-1/p+1. The van der Waals surface area contributed by atoms with Crippen molar-refractivity contribution in [3.05, 3.63) is 59.2 Å². The van der Waals surface area contributed by atoms with Crippen LogP contribution in [0.3, 0.4) is 0 Å². The average molecular weight is 356 g/mol. The molecule has 0 amide bonds. The smallest absolute Gasteiger partial charge is 0.418 e. The predicted molar refractivity (Wildman–Crippen MR) is 97.4 cm³/mol. The van der Waals surface area contributed by atoms with E-state index in [-0.39, 0.29) is 0 Å². The zero-order valence-electron chi connectivity index (χ0n) is 13.4. The number of halogens is 4. The number of rotatable bonds is 5. The summed E-state index contributed by atoms with van der Waals surface area (Å²) in [4.78, 5) is 0. The number of hydrogen-bond donors (Lipinski definition) is 0. The van der Waals surface area contributed by atoms with Gasteiger partial charge in [-0.3, -0.25) is 0 Å². The van der Waals surface area contributed by atoms with Gasteiger partial charge in [0.15, 0.2) is 0 Å². The maximum Gasteiger partial charge on any atom is 0.673 e. The highest BCUT2D eigenvalue weighted by atomic mass is 32.1. The molecule has 0 aliphatic heterocycles. The van der Waals surface area contributed by atoms with Crippen LogP contribution in [0.1, 0.15) is 36.0 Å². The second-order valence-corrected chi connectivity index (χ2v) is 6.33. The molecule has 6 heteroatoms. The van der Waals surface area contributed by atoms with Crippen molar-refractivity contribution >= 4 is 19.9 Å². The summed E-state index contributed by atoms with van der Waals surface area (Å²) >= 11 is 3.55. The Hall–Kier alpha value is -1.43. The van der Waals surface area contributed by atoms with Crippen molar-refractivity contribution in [2.75, 3.05) is 5.75 Å². The molecule has 0 radical (unpaired) electrons. The first kappa shape index (κ1) is 18.9. The van der Waals surface area contributed by atoms with Gasteiger partial charge in [-0.25, -0.2) is 0 Å². The highest BCUT2D eigenvalue weighted by Crippen LogP contribution is 2.38. The molecule has 0 unspecified atom stereocenters. The van der Waals surface area contributed by atoms with Crippen molar-refractivity contribution < 1.29 is 17.3 Å². The van der Waals surface area contributed by atoms with Gasteiger partial charge < -0.3 is 17.3 Å². The molecule has 1 aliphatic carbocycles. The summed E-state index contributed by atoms with van der Waals surface area (Å²) in [6, 6.07) is 15.7. The van der Waals surface area contributed by atoms with Gasteiger partial charge >= 0.3 is 7.25 Å². The summed E-state index contributed by atoms with van der Waals surface area (Å²) in [5.41, 5.74) is 7.53. The van der Waals surface area contributed by atoms with Crippen LogP contribution >= 0.6 is 0 Å². The predicted octanol–water partition coefficient (Wildman–Crippen LogP) is 5.28. The lowest BCUT2D eigenvalue weighted by Crippen LogP contribution is -2.02. The minimum absolute atomic E-state index is 1.12. The van der Waals surface area contributed by atoms with Gasteiger partial charge in [-0.05, 0) is 72.6 Å². The van der Waals surface area contributed by atoms with Gasteiger partial charge in [-0.2, -0.15) is 0 Å². The summed E-state index contributed by atoms with van der Waals surface area (Å²) in [5.74, 6) is 1.12. The topological polar surface area (TPSA) is 0 Å². The second-order valence-electron chi connectivity index (χ2n) is 5.83. The summed E-state index contributed by atoms with van der Waals surface area (Å²) in [5, 5.41) is 0. The summed E-state index contributed by atoms with van der Waals surface area (Å²) in [7, 11) is -6.00. The summed E-state index contributed by atoms with van der Waals surface area (Å²) in [6.07, 6.45) is 6.26. The zero-order valence-corrected chi connectivity index (χ0v) is 14.4. The number of hydrogen-bond acceptors (Lipinski definition) is 0. The zero-order chi connectivity index (χ0) is 17.6. The van der Waals surface area contributed by atoms with Crippen molar-refractivity contribution in [3.8, 4) is 11.1 Å². The van der Waals surface area contributed by atoms with Gasteiger partial charge in [0.1, 0.15) is 5.75 Å². The largest absolute Gasteiger partial charge is 0.673 e. The maximum absolute atomic E-state index is 9.75. The van der Waals surface area contributed by atoms with E-state index in [0.29, 0.717) is 0 Å². The molecule has 0 atom stereocenters. The van der Waals surface area contributed by atoms with Gasteiger partial charge in [-0.1, -0.05) is 42.5 Å². The first-order valence-electron chi connectivity index (χ1n) is 8.11. The lowest BCUT2D eigenvalue weighted by atomic mass is 9.97. The van der Waals surface area contributed by atoms with E-state index in [1.54, 1.807) is 11.1 Å². The Morgan fingerprint density at radius 2 is 1.50 bits per heavy atom. The number of benzene rings is 2. The SMILES string of the molecule is F[B-](F)(F)F.[SH2+]CCCCCc1cccc2c1Cc1ccccc1-2. The number of unbranched alkanes of at least 4 members (excludes halogenated alkanes) is 2. The normalized spacial score (nSPS) is 12.2. The summed E-state index contributed by atoms with van der Waals surface area (Å²) < 4.78 is 39.0. The lowest BCUT2D eigenvalue weighted by Gasteiger charge is -2.08. The van der Waals surface area contributed by atoms with Crippen LogP contribution in [0.25, 0.3) is 11.1 Å². The third kappa shape index (κ3) is 5.58. The monoisotopic (exact) mass is 356 g/mol. The van der Waals surface area contributed by atoms with Crippen LogP contribution in [0.4, 0.5) is 17.3 Å². The quantitative estimate of drug-likeness (QED) is 0.252. The van der Waals surface area contributed by atoms with Crippen molar-refractivity contribution in [3.63, 3.8) is 0 Å². The van der Waals surface area contributed by atoms with Crippen molar-refractivity contribution in [1.82, 2.24) is 0 Å². The minimum Gasteiger partial charge on any atom is -0.418 e. The van der Waals surface area contributed by atoms with E-state index in [9.17, 15) is 17.3 Å². The summed E-state index contributed by atoms with van der Waals surface area (Å²) in [6.45, 7) is 0.